The van der Waals surface area contributed by atoms with Crippen molar-refractivity contribution in [3.8, 4) is 0 Å². The molecule has 0 radical (unpaired) electrons. The van der Waals surface area contributed by atoms with E-state index in [1.807, 2.05) is 22.4 Å². The Morgan fingerprint density at radius 2 is 2.00 bits per heavy atom. The molecule has 1 N–H and O–H groups in total. The minimum atomic E-state index is 0.0850. The number of likely N-dealkylation sites (tertiary alicyclic amines) is 1. The molecule has 1 saturated heterocycles. The lowest BCUT2D eigenvalue weighted by molar-refractivity contribution is 0.220. The van der Waals surface area contributed by atoms with Crippen LogP contribution in [-0.2, 0) is 0 Å². The van der Waals surface area contributed by atoms with Crippen molar-refractivity contribution >= 4 is 22.4 Å². The van der Waals surface area contributed by atoms with Gasteiger partial charge in [-0.3, -0.25) is 5.32 Å². The summed E-state index contributed by atoms with van der Waals surface area (Å²) >= 11 is 1.58. The standard InChI is InChI=1S/C13H18N2OS/c16-13(14-12-6-3-7-17-12)15-8-10-4-1-2-5-11(10)9-15/h3,6-7,10-11H,1-2,4-5,8-9H2,(H,14,16). The number of carbonyl (C=O) groups is 1. The molecule has 92 valence electrons. The van der Waals surface area contributed by atoms with Crippen LogP contribution in [0.5, 0.6) is 0 Å². The highest BCUT2D eigenvalue weighted by atomic mass is 32.1. The Morgan fingerprint density at radius 3 is 2.59 bits per heavy atom. The van der Waals surface area contributed by atoms with E-state index in [1.165, 1.54) is 25.7 Å². The molecule has 1 saturated carbocycles. The van der Waals surface area contributed by atoms with E-state index in [-0.39, 0.29) is 6.03 Å². The van der Waals surface area contributed by atoms with E-state index in [2.05, 4.69) is 5.32 Å². The predicted octanol–water partition coefficient (Wildman–Crippen LogP) is 3.40. The van der Waals surface area contributed by atoms with Crippen molar-refractivity contribution in [2.24, 2.45) is 11.8 Å². The number of hydrogen-bond acceptors (Lipinski definition) is 2. The minimum Gasteiger partial charge on any atom is -0.324 e. The van der Waals surface area contributed by atoms with Crippen molar-refractivity contribution in [3.05, 3.63) is 17.5 Å². The third-order valence-electron chi connectivity index (χ3n) is 4.01. The molecule has 2 atom stereocenters. The zero-order chi connectivity index (χ0) is 11.7. The molecule has 1 aliphatic heterocycles. The zero-order valence-electron chi connectivity index (χ0n) is 9.89. The van der Waals surface area contributed by atoms with E-state index < -0.39 is 0 Å². The first-order valence-electron chi connectivity index (χ1n) is 6.42. The van der Waals surface area contributed by atoms with E-state index in [1.54, 1.807) is 11.3 Å². The lowest BCUT2D eigenvalue weighted by Gasteiger charge is -2.22. The van der Waals surface area contributed by atoms with E-state index in [0.29, 0.717) is 0 Å². The maximum Gasteiger partial charge on any atom is 0.322 e. The Morgan fingerprint density at radius 1 is 1.29 bits per heavy atom. The summed E-state index contributed by atoms with van der Waals surface area (Å²) in [5.74, 6) is 1.52. The Hall–Kier alpha value is -1.03. The smallest absolute Gasteiger partial charge is 0.322 e. The molecule has 3 rings (SSSR count). The van der Waals surface area contributed by atoms with Gasteiger partial charge < -0.3 is 4.90 Å². The highest BCUT2D eigenvalue weighted by molar-refractivity contribution is 7.14. The van der Waals surface area contributed by atoms with Gasteiger partial charge in [0.05, 0.1) is 5.00 Å². The van der Waals surface area contributed by atoms with Gasteiger partial charge >= 0.3 is 6.03 Å². The molecular weight excluding hydrogens is 232 g/mol. The van der Waals surface area contributed by atoms with Crippen LogP contribution in [0.2, 0.25) is 0 Å². The van der Waals surface area contributed by atoms with Crippen molar-refractivity contribution in [2.45, 2.75) is 25.7 Å². The molecule has 0 spiro atoms. The van der Waals surface area contributed by atoms with Crippen LogP contribution < -0.4 is 5.32 Å². The molecular formula is C13H18N2OS. The summed E-state index contributed by atoms with van der Waals surface area (Å²) in [4.78, 5) is 14.1. The molecule has 17 heavy (non-hydrogen) atoms. The number of urea groups is 1. The number of amides is 2. The molecule has 1 aliphatic carbocycles. The quantitative estimate of drug-likeness (QED) is 0.814. The Balaban J connectivity index is 1.60. The monoisotopic (exact) mass is 250 g/mol. The Labute approximate surface area is 106 Å². The Bertz CT molecular complexity index is 376. The predicted molar refractivity (Wildman–Crippen MR) is 70.4 cm³/mol. The molecule has 2 amide bonds. The molecule has 4 heteroatoms. The number of fused-ring (bicyclic) bond motifs is 1. The average molecular weight is 250 g/mol. The second-order valence-electron chi connectivity index (χ2n) is 5.12. The molecule has 2 fully saturated rings. The van der Waals surface area contributed by atoms with Crippen LogP contribution in [0.3, 0.4) is 0 Å². The second-order valence-corrected chi connectivity index (χ2v) is 6.06. The van der Waals surface area contributed by atoms with Gasteiger partial charge in [-0.2, -0.15) is 0 Å². The second kappa shape index (κ2) is 4.69. The minimum absolute atomic E-state index is 0.0850. The zero-order valence-corrected chi connectivity index (χ0v) is 10.7. The van der Waals surface area contributed by atoms with Crippen LogP contribution in [0.25, 0.3) is 0 Å². The molecule has 1 aromatic heterocycles. The number of carbonyl (C=O) groups excluding carboxylic acids is 1. The maximum absolute atomic E-state index is 12.1. The molecule has 2 heterocycles. The van der Waals surface area contributed by atoms with Gasteiger partial charge in [0.25, 0.3) is 0 Å². The molecule has 1 aromatic rings. The summed E-state index contributed by atoms with van der Waals surface area (Å²) in [5, 5.41) is 5.91. The highest BCUT2D eigenvalue weighted by Crippen LogP contribution is 2.36. The first kappa shape index (κ1) is 11.1. The lowest BCUT2D eigenvalue weighted by atomic mass is 9.82. The van der Waals surface area contributed by atoms with Gasteiger partial charge in [0.1, 0.15) is 0 Å². The molecule has 3 nitrogen and oxygen atoms in total. The van der Waals surface area contributed by atoms with Crippen LogP contribution in [0.1, 0.15) is 25.7 Å². The molecule has 2 unspecified atom stereocenters. The highest BCUT2D eigenvalue weighted by Gasteiger charge is 2.36. The van der Waals surface area contributed by atoms with Crippen LogP contribution in [0, 0.1) is 11.8 Å². The number of anilines is 1. The number of nitrogens with zero attached hydrogens (tertiary/aromatic N) is 1. The van der Waals surface area contributed by atoms with Crippen molar-refractivity contribution in [3.63, 3.8) is 0 Å². The maximum atomic E-state index is 12.1. The van der Waals surface area contributed by atoms with Crippen molar-refractivity contribution < 1.29 is 4.79 Å². The van der Waals surface area contributed by atoms with Crippen LogP contribution in [0.4, 0.5) is 9.80 Å². The molecule has 0 aromatic carbocycles. The normalized spacial score (nSPS) is 27.9. The van der Waals surface area contributed by atoms with E-state index >= 15 is 0 Å². The third kappa shape index (κ3) is 2.32. The first-order chi connectivity index (χ1) is 8.33. The lowest BCUT2D eigenvalue weighted by Crippen LogP contribution is -2.33. The fourth-order valence-electron chi connectivity index (χ4n) is 3.11. The average Bonchev–Trinajstić information content (AvgIpc) is 2.96. The number of hydrogen-bond donors (Lipinski definition) is 1. The van der Waals surface area contributed by atoms with Gasteiger partial charge in [-0.05, 0) is 42.2 Å². The van der Waals surface area contributed by atoms with Gasteiger partial charge in [0.2, 0.25) is 0 Å². The van der Waals surface area contributed by atoms with Gasteiger partial charge in [-0.15, -0.1) is 11.3 Å². The summed E-state index contributed by atoms with van der Waals surface area (Å²) in [5.41, 5.74) is 0. The molecule has 2 aliphatic rings. The number of thiophene rings is 1. The van der Waals surface area contributed by atoms with Crippen LogP contribution >= 0.6 is 11.3 Å². The van der Waals surface area contributed by atoms with Crippen molar-refractivity contribution in [1.82, 2.24) is 4.90 Å². The summed E-state index contributed by atoms with van der Waals surface area (Å²) in [6.45, 7) is 1.92. The van der Waals surface area contributed by atoms with Gasteiger partial charge in [0.15, 0.2) is 0 Å². The number of rotatable bonds is 1. The van der Waals surface area contributed by atoms with Crippen LogP contribution in [0.15, 0.2) is 17.5 Å². The Kier molecular flexibility index (Phi) is 3.05. The van der Waals surface area contributed by atoms with E-state index in [4.69, 9.17) is 0 Å². The van der Waals surface area contributed by atoms with Crippen LogP contribution in [-0.4, -0.2) is 24.0 Å². The number of nitrogens with one attached hydrogen (secondary N) is 1. The fraction of sp³-hybridized carbons (Fsp3) is 0.615. The summed E-state index contributed by atoms with van der Waals surface area (Å²) < 4.78 is 0. The van der Waals surface area contributed by atoms with E-state index in [0.717, 1.165) is 29.9 Å². The third-order valence-corrected chi connectivity index (χ3v) is 4.80. The van der Waals surface area contributed by atoms with Gasteiger partial charge in [-0.1, -0.05) is 12.8 Å². The summed E-state index contributed by atoms with van der Waals surface area (Å²) in [6.07, 6.45) is 5.32. The van der Waals surface area contributed by atoms with Gasteiger partial charge in [-0.25, -0.2) is 4.79 Å². The van der Waals surface area contributed by atoms with Crippen molar-refractivity contribution in [2.75, 3.05) is 18.4 Å². The summed E-state index contributed by atoms with van der Waals surface area (Å²) in [6, 6.07) is 4.00. The fourth-order valence-corrected chi connectivity index (χ4v) is 3.71. The summed E-state index contributed by atoms with van der Waals surface area (Å²) in [7, 11) is 0. The van der Waals surface area contributed by atoms with Crippen molar-refractivity contribution in [1.29, 1.82) is 0 Å². The van der Waals surface area contributed by atoms with Gasteiger partial charge in [0, 0.05) is 13.1 Å². The molecule has 0 bridgehead atoms. The van der Waals surface area contributed by atoms with E-state index in [9.17, 15) is 4.79 Å². The SMILES string of the molecule is O=C(Nc1cccs1)N1CC2CCCCC2C1. The topological polar surface area (TPSA) is 32.3 Å². The largest absolute Gasteiger partial charge is 0.324 e. The first-order valence-corrected chi connectivity index (χ1v) is 7.30.